The van der Waals surface area contributed by atoms with E-state index in [0.717, 1.165) is 29.8 Å². The van der Waals surface area contributed by atoms with Crippen LogP contribution in [0.25, 0.3) is 0 Å². The van der Waals surface area contributed by atoms with E-state index in [9.17, 15) is 13.6 Å². The number of carbonyl (C=O) groups excluding carboxylic acids is 1. The van der Waals surface area contributed by atoms with Gasteiger partial charge in [-0.2, -0.15) is 5.10 Å². The minimum Gasteiger partial charge on any atom is -0.376 e. The molecular formula is C15H15F2N3O2. The van der Waals surface area contributed by atoms with Crippen molar-refractivity contribution in [3.05, 3.63) is 52.9 Å². The summed E-state index contributed by atoms with van der Waals surface area (Å²) in [6.07, 6.45) is 2.57. The second kappa shape index (κ2) is 6.23. The third-order valence-corrected chi connectivity index (χ3v) is 3.57. The highest BCUT2D eigenvalue weighted by molar-refractivity contribution is 5.94. The average Bonchev–Trinajstić information content (AvgIpc) is 2.93. The summed E-state index contributed by atoms with van der Waals surface area (Å²) in [5, 5.41) is 6.94. The van der Waals surface area contributed by atoms with Gasteiger partial charge in [-0.3, -0.25) is 9.48 Å². The first-order chi connectivity index (χ1) is 10.6. The summed E-state index contributed by atoms with van der Waals surface area (Å²) < 4.78 is 33.1. The predicted molar refractivity (Wildman–Crippen MR) is 74.3 cm³/mol. The van der Waals surface area contributed by atoms with Gasteiger partial charge >= 0.3 is 0 Å². The van der Waals surface area contributed by atoms with Gasteiger partial charge in [0.15, 0.2) is 11.6 Å². The Morgan fingerprint density at radius 1 is 1.36 bits per heavy atom. The lowest BCUT2D eigenvalue weighted by atomic mass is 10.2. The molecule has 0 radical (unpaired) electrons. The molecule has 0 bridgehead atoms. The quantitative estimate of drug-likeness (QED) is 0.935. The average molecular weight is 307 g/mol. The number of hydrogen-bond acceptors (Lipinski definition) is 3. The highest BCUT2D eigenvalue weighted by atomic mass is 19.2. The monoisotopic (exact) mass is 307 g/mol. The molecule has 1 aliphatic heterocycles. The molecular weight excluding hydrogens is 292 g/mol. The lowest BCUT2D eigenvalue weighted by molar-refractivity contribution is 0.0949. The third-order valence-electron chi connectivity index (χ3n) is 3.57. The largest absolute Gasteiger partial charge is 0.376 e. The van der Waals surface area contributed by atoms with Gasteiger partial charge in [-0.15, -0.1) is 0 Å². The number of ether oxygens (including phenoxy) is 1. The zero-order valence-corrected chi connectivity index (χ0v) is 11.8. The second-order valence-electron chi connectivity index (χ2n) is 5.03. The summed E-state index contributed by atoms with van der Waals surface area (Å²) in [5.74, 6) is -2.45. The molecule has 0 unspecified atom stereocenters. The summed E-state index contributed by atoms with van der Waals surface area (Å²) in [5.41, 5.74) is 2.28. The molecule has 0 saturated carbocycles. The SMILES string of the molecule is O=C(NCCn1ncc2c1CCOC2)c1ccc(F)c(F)c1. The number of hydrogen-bond donors (Lipinski definition) is 1. The number of carbonyl (C=O) groups is 1. The van der Waals surface area contributed by atoms with Gasteiger partial charge in [0.25, 0.3) is 5.91 Å². The van der Waals surface area contributed by atoms with Crippen LogP contribution in [0.4, 0.5) is 8.78 Å². The van der Waals surface area contributed by atoms with E-state index in [1.54, 1.807) is 6.20 Å². The van der Waals surface area contributed by atoms with Crippen LogP contribution >= 0.6 is 0 Å². The van der Waals surface area contributed by atoms with Crippen molar-refractivity contribution in [3.63, 3.8) is 0 Å². The molecule has 0 saturated heterocycles. The fourth-order valence-electron chi connectivity index (χ4n) is 2.42. The summed E-state index contributed by atoms with van der Waals surface area (Å²) >= 11 is 0. The number of amides is 1. The second-order valence-corrected chi connectivity index (χ2v) is 5.03. The van der Waals surface area contributed by atoms with Gasteiger partial charge in [-0.05, 0) is 18.2 Å². The molecule has 2 heterocycles. The summed E-state index contributed by atoms with van der Waals surface area (Å²) in [4.78, 5) is 11.9. The van der Waals surface area contributed by atoms with Crippen molar-refractivity contribution < 1.29 is 18.3 Å². The molecule has 1 N–H and O–H groups in total. The van der Waals surface area contributed by atoms with Crippen molar-refractivity contribution in [1.82, 2.24) is 15.1 Å². The van der Waals surface area contributed by atoms with Gasteiger partial charge in [-0.25, -0.2) is 8.78 Å². The molecule has 2 aromatic rings. The predicted octanol–water partition coefficient (Wildman–Crippen LogP) is 1.66. The highest BCUT2D eigenvalue weighted by Gasteiger charge is 2.15. The first-order valence-corrected chi connectivity index (χ1v) is 6.99. The van der Waals surface area contributed by atoms with E-state index in [0.29, 0.717) is 26.3 Å². The fraction of sp³-hybridized carbons (Fsp3) is 0.333. The molecule has 1 aromatic heterocycles. The van der Waals surface area contributed by atoms with Crippen LogP contribution in [0.15, 0.2) is 24.4 Å². The molecule has 0 spiro atoms. The lowest BCUT2D eigenvalue weighted by Gasteiger charge is -2.14. The number of halogens is 2. The van der Waals surface area contributed by atoms with E-state index in [2.05, 4.69) is 10.4 Å². The molecule has 1 amide bonds. The van der Waals surface area contributed by atoms with Crippen LogP contribution in [-0.2, 0) is 24.3 Å². The van der Waals surface area contributed by atoms with Gasteiger partial charge in [0.05, 0.1) is 26.0 Å². The lowest BCUT2D eigenvalue weighted by Crippen LogP contribution is -2.28. The van der Waals surface area contributed by atoms with E-state index in [1.165, 1.54) is 6.07 Å². The number of aromatic nitrogens is 2. The fourth-order valence-corrected chi connectivity index (χ4v) is 2.42. The maximum absolute atomic E-state index is 13.1. The number of nitrogens with zero attached hydrogens (tertiary/aromatic N) is 2. The Balaban J connectivity index is 1.57. The highest BCUT2D eigenvalue weighted by Crippen LogP contribution is 2.15. The molecule has 1 aromatic carbocycles. The first kappa shape index (κ1) is 14.6. The van der Waals surface area contributed by atoms with Crippen molar-refractivity contribution in [1.29, 1.82) is 0 Å². The molecule has 3 rings (SSSR count). The number of nitrogens with one attached hydrogen (secondary N) is 1. The molecule has 0 atom stereocenters. The van der Waals surface area contributed by atoms with Gasteiger partial charge in [-0.1, -0.05) is 0 Å². The number of benzene rings is 1. The third kappa shape index (κ3) is 2.99. The normalized spacial score (nSPS) is 13.7. The Kier molecular flexibility index (Phi) is 4.15. The van der Waals surface area contributed by atoms with Crippen LogP contribution in [0, 0.1) is 11.6 Å². The molecule has 22 heavy (non-hydrogen) atoms. The number of rotatable bonds is 4. The standard InChI is InChI=1S/C15H15F2N3O2/c16-12-2-1-10(7-13(12)17)15(21)18-4-5-20-14-3-6-22-9-11(14)8-19-20/h1-2,7-8H,3-6,9H2,(H,18,21). The van der Waals surface area contributed by atoms with Crippen LogP contribution in [0.1, 0.15) is 21.6 Å². The van der Waals surface area contributed by atoms with E-state index < -0.39 is 17.5 Å². The van der Waals surface area contributed by atoms with Crippen LogP contribution in [-0.4, -0.2) is 28.8 Å². The molecule has 7 heteroatoms. The van der Waals surface area contributed by atoms with Crippen molar-refractivity contribution >= 4 is 5.91 Å². The Morgan fingerprint density at radius 3 is 3.05 bits per heavy atom. The van der Waals surface area contributed by atoms with Crippen molar-refractivity contribution in [2.24, 2.45) is 0 Å². The smallest absolute Gasteiger partial charge is 0.251 e. The maximum atomic E-state index is 13.1. The van der Waals surface area contributed by atoms with Crippen LogP contribution in [0.3, 0.4) is 0 Å². The van der Waals surface area contributed by atoms with Gasteiger partial charge in [0.1, 0.15) is 0 Å². The van der Waals surface area contributed by atoms with E-state index in [-0.39, 0.29) is 5.56 Å². The summed E-state index contributed by atoms with van der Waals surface area (Å²) in [6.45, 7) is 2.11. The first-order valence-electron chi connectivity index (χ1n) is 6.99. The molecule has 5 nitrogen and oxygen atoms in total. The Hall–Kier alpha value is -2.28. The topological polar surface area (TPSA) is 56.2 Å². The summed E-state index contributed by atoms with van der Waals surface area (Å²) in [6, 6.07) is 3.08. The van der Waals surface area contributed by atoms with E-state index in [1.807, 2.05) is 4.68 Å². The van der Waals surface area contributed by atoms with E-state index >= 15 is 0 Å². The summed E-state index contributed by atoms with van der Waals surface area (Å²) in [7, 11) is 0. The van der Waals surface area contributed by atoms with Crippen LogP contribution in [0.5, 0.6) is 0 Å². The minimum absolute atomic E-state index is 0.0924. The van der Waals surface area contributed by atoms with Crippen molar-refractivity contribution in [2.75, 3.05) is 13.2 Å². The Morgan fingerprint density at radius 2 is 2.23 bits per heavy atom. The maximum Gasteiger partial charge on any atom is 0.251 e. The zero-order valence-electron chi connectivity index (χ0n) is 11.8. The van der Waals surface area contributed by atoms with Gasteiger partial charge < -0.3 is 10.1 Å². The molecule has 0 fully saturated rings. The Bertz CT molecular complexity index is 700. The zero-order chi connectivity index (χ0) is 15.5. The van der Waals surface area contributed by atoms with Crippen molar-refractivity contribution in [3.8, 4) is 0 Å². The molecule has 0 aliphatic carbocycles. The number of fused-ring (bicyclic) bond motifs is 1. The molecule has 116 valence electrons. The van der Waals surface area contributed by atoms with Crippen LogP contribution < -0.4 is 5.32 Å². The minimum atomic E-state index is -1.03. The van der Waals surface area contributed by atoms with E-state index in [4.69, 9.17) is 4.74 Å². The Labute approximate surface area is 125 Å². The van der Waals surface area contributed by atoms with Gasteiger partial charge in [0.2, 0.25) is 0 Å². The van der Waals surface area contributed by atoms with Crippen molar-refractivity contribution in [2.45, 2.75) is 19.6 Å². The van der Waals surface area contributed by atoms with Gasteiger partial charge in [0, 0.05) is 29.8 Å². The van der Waals surface area contributed by atoms with Crippen LogP contribution in [0.2, 0.25) is 0 Å². The molecule has 1 aliphatic rings.